The van der Waals surface area contributed by atoms with Gasteiger partial charge in [-0.25, -0.2) is 22.2 Å². The second-order valence-electron chi connectivity index (χ2n) is 6.87. The van der Waals surface area contributed by atoms with Gasteiger partial charge in [0.05, 0.1) is 17.0 Å². The summed E-state index contributed by atoms with van der Waals surface area (Å²) >= 11 is 0. The number of ketones is 1. The van der Waals surface area contributed by atoms with Crippen LogP contribution >= 0.6 is 0 Å². The number of pyridine rings is 1. The van der Waals surface area contributed by atoms with Gasteiger partial charge in [-0.05, 0) is 43.7 Å². The molecule has 0 atom stereocenters. The number of hydrogen-bond donors (Lipinski definition) is 4. The summed E-state index contributed by atoms with van der Waals surface area (Å²) in [6.45, 7) is 1.63. The van der Waals surface area contributed by atoms with Gasteiger partial charge in [-0.15, -0.1) is 0 Å². The highest BCUT2D eigenvalue weighted by Gasteiger charge is 2.26. The standard InChI is InChI=1S/C20H19F2N3O5S.CH5N/c1-2-7-31(29,30)25-15-5-4-14(21)17(18(15)22)19(28)13-10-24-20-12(13)8-11(9-23-20)3-6-16(26)27;1-2/h4-5,8-10,25H,2-3,6-7H2,1H3,(H,23,24)(H,26,27);2H2,1H3. The molecule has 0 aliphatic carbocycles. The minimum Gasteiger partial charge on any atom is -0.481 e. The highest BCUT2D eigenvalue weighted by Crippen LogP contribution is 2.28. The van der Waals surface area contributed by atoms with Crippen LogP contribution < -0.4 is 10.5 Å². The number of carboxylic acids is 1. The number of H-pyrrole nitrogens is 1. The van der Waals surface area contributed by atoms with Crippen LogP contribution in [0.5, 0.6) is 0 Å². The summed E-state index contributed by atoms with van der Waals surface area (Å²) < 4.78 is 55.3. The third kappa shape index (κ3) is 6.11. The van der Waals surface area contributed by atoms with E-state index in [-0.39, 0.29) is 41.6 Å². The summed E-state index contributed by atoms with van der Waals surface area (Å²) in [5.74, 6) is -4.74. The van der Waals surface area contributed by atoms with E-state index in [9.17, 15) is 26.8 Å². The second kappa shape index (κ2) is 11.0. The maximum Gasteiger partial charge on any atom is 0.303 e. The summed E-state index contributed by atoms with van der Waals surface area (Å²) in [4.78, 5) is 30.6. The van der Waals surface area contributed by atoms with Crippen molar-refractivity contribution in [2.45, 2.75) is 26.2 Å². The Morgan fingerprint density at radius 3 is 2.58 bits per heavy atom. The summed E-state index contributed by atoms with van der Waals surface area (Å²) in [6.07, 6.45) is 2.99. The summed E-state index contributed by atoms with van der Waals surface area (Å²) in [6, 6.07) is 3.25. The van der Waals surface area contributed by atoms with Gasteiger partial charge in [0.2, 0.25) is 15.8 Å². The summed E-state index contributed by atoms with van der Waals surface area (Å²) in [5, 5.41) is 9.10. The number of aromatic nitrogens is 2. The lowest BCUT2D eigenvalue weighted by molar-refractivity contribution is -0.136. The van der Waals surface area contributed by atoms with Crippen molar-refractivity contribution in [2.75, 3.05) is 17.5 Å². The number of nitrogens with one attached hydrogen (secondary N) is 2. The topological polar surface area (TPSA) is 155 Å². The number of halogens is 2. The Hall–Kier alpha value is -3.38. The predicted octanol–water partition coefficient (Wildman–Crippen LogP) is 2.82. The number of carbonyl (C=O) groups is 2. The van der Waals surface area contributed by atoms with Gasteiger partial charge in [0.15, 0.2) is 5.82 Å². The van der Waals surface area contributed by atoms with Crippen LogP contribution in [0.15, 0.2) is 30.6 Å². The summed E-state index contributed by atoms with van der Waals surface area (Å²) in [7, 11) is -2.36. The summed E-state index contributed by atoms with van der Waals surface area (Å²) in [5.41, 5.74) is 3.80. The van der Waals surface area contributed by atoms with E-state index < -0.39 is 44.7 Å². The Morgan fingerprint density at radius 1 is 1.24 bits per heavy atom. The van der Waals surface area contributed by atoms with E-state index in [1.54, 1.807) is 6.92 Å². The van der Waals surface area contributed by atoms with Crippen LogP contribution in [0.3, 0.4) is 0 Å². The number of carboxylic acid groups (broad SMARTS) is 1. The van der Waals surface area contributed by atoms with E-state index in [1.165, 1.54) is 25.5 Å². The molecule has 0 radical (unpaired) electrons. The molecule has 0 aliphatic heterocycles. The molecule has 0 aliphatic rings. The molecular weight excluding hydrogens is 458 g/mol. The number of hydrogen-bond acceptors (Lipinski definition) is 6. The molecule has 1 aromatic carbocycles. The molecule has 3 rings (SSSR count). The van der Waals surface area contributed by atoms with Crippen LogP contribution in [0.25, 0.3) is 11.0 Å². The molecule has 178 valence electrons. The van der Waals surface area contributed by atoms with E-state index in [1.807, 2.05) is 4.72 Å². The average molecular weight is 483 g/mol. The molecule has 2 heterocycles. The first-order chi connectivity index (χ1) is 15.6. The number of nitrogens with two attached hydrogens (primary N) is 1. The van der Waals surface area contributed by atoms with Gasteiger partial charge < -0.3 is 15.8 Å². The Bertz CT molecular complexity index is 1280. The molecule has 12 heteroatoms. The molecule has 0 spiro atoms. The number of aromatic amines is 1. The van der Waals surface area contributed by atoms with Crippen molar-refractivity contribution in [2.24, 2.45) is 5.73 Å². The molecule has 9 nitrogen and oxygen atoms in total. The zero-order valence-electron chi connectivity index (χ0n) is 18.0. The molecule has 3 aromatic rings. The first-order valence-corrected chi connectivity index (χ1v) is 11.6. The zero-order chi connectivity index (χ0) is 24.8. The predicted molar refractivity (Wildman–Crippen MR) is 120 cm³/mol. The number of benzene rings is 1. The van der Waals surface area contributed by atoms with Crippen molar-refractivity contribution in [3.8, 4) is 0 Å². The smallest absolute Gasteiger partial charge is 0.303 e. The van der Waals surface area contributed by atoms with Crippen LogP contribution in [-0.4, -0.2) is 48.0 Å². The first kappa shape index (κ1) is 25.9. The second-order valence-corrected chi connectivity index (χ2v) is 8.71. The minimum absolute atomic E-state index is 0.0777. The van der Waals surface area contributed by atoms with Crippen LogP contribution in [0.2, 0.25) is 0 Å². The number of aliphatic carboxylic acids is 1. The van der Waals surface area contributed by atoms with Crippen molar-refractivity contribution in [1.29, 1.82) is 0 Å². The molecule has 33 heavy (non-hydrogen) atoms. The third-order valence-corrected chi connectivity index (χ3v) is 5.99. The highest BCUT2D eigenvalue weighted by molar-refractivity contribution is 7.92. The largest absolute Gasteiger partial charge is 0.481 e. The molecule has 5 N–H and O–H groups in total. The van der Waals surface area contributed by atoms with Crippen molar-refractivity contribution < 1.29 is 31.9 Å². The lowest BCUT2D eigenvalue weighted by Crippen LogP contribution is -2.18. The normalized spacial score (nSPS) is 11.1. The molecule has 0 fully saturated rings. The number of anilines is 1. The number of rotatable bonds is 9. The van der Waals surface area contributed by atoms with Gasteiger partial charge in [-0.3, -0.25) is 14.3 Å². The quantitative estimate of drug-likeness (QED) is 0.342. The maximum atomic E-state index is 15.0. The molecule has 2 aromatic heterocycles. The first-order valence-electron chi connectivity index (χ1n) is 9.91. The third-order valence-electron chi connectivity index (χ3n) is 4.52. The number of sulfonamides is 1. The zero-order valence-corrected chi connectivity index (χ0v) is 18.8. The number of fused-ring (bicyclic) bond motifs is 1. The van der Waals surface area contributed by atoms with E-state index in [4.69, 9.17) is 5.11 Å². The van der Waals surface area contributed by atoms with Crippen molar-refractivity contribution in [3.05, 3.63) is 58.9 Å². The Morgan fingerprint density at radius 2 is 1.94 bits per heavy atom. The Labute approximate surface area is 189 Å². The number of carbonyl (C=O) groups excluding carboxylic acids is 1. The Balaban J connectivity index is 0.00000187. The van der Waals surface area contributed by atoms with Crippen molar-refractivity contribution in [3.63, 3.8) is 0 Å². The fourth-order valence-corrected chi connectivity index (χ4v) is 4.22. The number of nitrogens with zero attached hydrogens (tertiary/aromatic N) is 1. The fraction of sp³-hybridized carbons (Fsp3) is 0.286. The minimum atomic E-state index is -3.86. The molecule has 0 saturated heterocycles. The van der Waals surface area contributed by atoms with Crippen molar-refractivity contribution in [1.82, 2.24) is 9.97 Å². The Kier molecular flexibility index (Phi) is 8.60. The lowest BCUT2D eigenvalue weighted by atomic mass is 10.0. The molecule has 0 bridgehead atoms. The van der Waals surface area contributed by atoms with Gasteiger partial charge in [-0.2, -0.15) is 0 Å². The number of aryl methyl sites for hydroxylation is 1. The van der Waals surface area contributed by atoms with Gasteiger partial charge >= 0.3 is 5.97 Å². The van der Waals surface area contributed by atoms with Crippen LogP contribution in [0.1, 0.15) is 41.3 Å². The van der Waals surface area contributed by atoms with Gasteiger partial charge in [0, 0.05) is 29.8 Å². The van der Waals surface area contributed by atoms with Gasteiger partial charge in [-0.1, -0.05) is 6.92 Å². The maximum absolute atomic E-state index is 15.0. The SMILES string of the molecule is CCCS(=O)(=O)Nc1ccc(F)c(C(=O)c2c[nH]c3ncc(CCC(=O)O)cc23)c1F.CN. The van der Waals surface area contributed by atoms with E-state index in [0.29, 0.717) is 5.56 Å². The van der Waals surface area contributed by atoms with Crippen molar-refractivity contribution >= 4 is 38.5 Å². The van der Waals surface area contributed by atoms with E-state index in [0.717, 1.165) is 12.1 Å². The average Bonchev–Trinajstić information content (AvgIpc) is 3.19. The highest BCUT2D eigenvalue weighted by atomic mass is 32.2. The molecule has 0 unspecified atom stereocenters. The molecule has 0 amide bonds. The monoisotopic (exact) mass is 482 g/mol. The lowest BCUT2D eigenvalue weighted by Gasteiger charge is -2.11. The van der Waals surface area contributed by atoms with Gasteiger partial charge in [0.25, 0.3) is 0 Å². The van der Waals surface area contributed by atoms with E-state index >= 15 is 0 Å². The van der Waals surface area contributed by atoms with Crippen LogP contribution in [-0.2, 0) is 21.2 Å². The van der Waals surface area contributed by atoms with E-state index in [2.05, 4.69) is 15.7 Å². The van der Waals surface area contributed by atoms with Crippen LogP contribution in [0.4, 0.5) is 14.5 Å². The molecular formula is C21H24F2N4O5S. The fourth-order valence-electron chi connectivity index (χ4n) is 3.08. The van der Waals surface area contributed by atoms with Gasteiger partial charge in [0.1, 0.15) is 11.5 Å². The molecule has 0 saturated carbocycles. The van der Waals surface area contributed by atoms with Crippen LogP contribution in [0, 0.1) is 11.6 Å².